The summed E-state index contributed by atoms with van der Waals surface area (Å²) in [5.74, 6) is -1.00. The van der Waals surface area contributed by atoms with Gasteiger partial charge in [0.05, 0.1) is 16.9 Å². The van der Waals surface area contributed by atoms with Gasteiger partial charge in [0.1, 0.15) is 12.3 Å². The number of methoxy groups -OCH3 is 1. The lowest BCUT2D eigenvalue weighted by molar-refractivity contribution is -0.233. The Morgan fingerprint density at radius 1 is 1.33 bits per heavy atom. The predicted octanol–water partition coefficient (Wildman–Crippen LogP) is 1.55. The molecule has 11 heteroatoms. The molecule has 1 aromatic heterocycles. The van der Waals surface area contributed by atoms with E-state index >= 15 is 0 Å². The zero-order chi connectivity index (χ0) is 19.8. The molecule has 146 valence electrons. The summed E-state index contributed by atoms with van der Waals surface area (Å²) in [5.41, 5.74) is 1.96. The number of nitrogens with one attached hydrogen (secondary N) is 1. The molecule has 1 aliphatic heterocycles. The molecule has 1 amide bonds. The van der Waals surface area contributed by atoms with Crippen LogP contribution in [0.15, 0.2) is 5.16 Å². The molecule has 0 saturated heterocycles. The molecule has 6 nitrogen and oxygen atoms in total. The van der Waals surface area contributed by atoms with E-state index in [9.17, 15) is 22.8 Å². The van der Waals surface area contributed by atoms with E-state index in [-0.39, 0.29) is 35.0 Å². The summed E-state index contributed by atoms with van der Waals surface area (Å²) >= 11 is 0.882. The molecule has 1 aromatic rings. The molecule has 0 saturated carbocycles. The minimum Gasteiger partial charge on any atom is -0.468 e. The van der Waals surface area contributed by atoms with Crippen LogP contribution in [0.3, 0.4) is 0 Å². The summed E-state index contributed by atoms with van der Waals surface area (Å²) in [5, 5.41) is 6.23. The summed E-state index contributed by atoms with van der Waals surface area (Å²) in [4.78, 5) is 29.6. The lowest BCUT2D eigenvalue weighted by Gasteiger charge is -2.25. The molecule has 0 fully saturated rings. The highest BCUT2D eigenvalue weighted by molar-refractivity contribution is 7.16. The maximum absolute atomic E-state index is 13.2. The van der Waals surface area contributed by atoms with Crippen molar-refractivity contribution in [2.75, 3.05) is 13.7 Å². The number of halogens is 3. The Morgan fingerprint density at radius 3 is 2.59 bits per heavy atom. The minimum absolute atomic E-state index is 0.242. The number of ether oxygens (including phenoxy) is 1. The number of oxime groups is 1. The number of nitrogens with zero attached hydrogens (tertiary/aromatic N) is 1. The van der Waals surface area contributed by atoms with Crippen LogP contribution >= 0.6 is 11.3 Å². The molecule has 27 heavy (non-hydrogen) atoms. The fraction of sp³-hybridized carbons (Fsp3) is 0.562. The average Bonchev–Trinajstić information content (AvgIpc) is 3.21. The van der Waals surface area contributed by atoms with Crippen LogP contribution in [-0.4, -0.2) is 58.2 Å². The van der Waals surface area contributed by atoms with Crippen LogP contribution in [0.5, 0.6) is 0 Å². The SMILES string of the molecule is COC(=O)CNC(=O)c1sc(C2=NO[C]([AlH2])(C(F)(F)F)C2)c2c1CCCC2. The fourth-order valence-electron chi connectivity index (χ4n) is 3.17. The topological polar surface area (TPSA) is 77.0 Å². The van der Waals surface area contributed by atoms with E-state index in [0.29, 0.717) is 22.6 Å². The van der Waals surface area contributed by atoms with Crippen molar-refractivity contribution in [3.05, 3.63) is 20.9 Å². The number of hydrogen-bond acceptors (Lipinski definition) is 6. The van der Waals surface area contributed by atoms with E-state index in [4.69, 9.17) is 4.84 Å². The molecule has 0 spiro atoms. The van der Waals surface area contributed by atoms with Gasteiger partial charge in [0.25, 0.3) is 5.91 Å². The third-order valence-corrected chi connectivity index (χ3v) is 7.20. The van der Waals surface area contributed by atoms with E-state index in [2.05, 4.69) is 15.2 Å². The summed E-state index contributed by atoms with van der Waals surface area (Å²) < 4.78 is 42.0. The molecule has 2 heterocycles. The molecular formula is C16H18AlF3N2O4S. The first-order valence-electron chi connectivity index (χ1n) is 8.48. The van der Waals surface area contributed by atoms with Gasteiger partial charge < -0.3 is 14.9 Å². The van der Waals surface area contributed by atoms with Crippen molar-refractivity contribution in [1.29, 1.82) is 0 Å². The third-order valence-electron chi connectivity index (χ3n) is 4.77. The summed E-state index contributed by atoms with van der Waals surface area (Å²) in [6.45, 7) is -0.265. The quantitative estimate of drug-likeness (QED) is 0.595. The van der Waals surface area contributed by atoms with Gasteiger partial charge in [-0.1, -0.05) is 5.16 Å². The Kier molecular flexibility index (Phi) is 5.57. The fourth-order valence-corrected chi connectivity index (χ4v) is 4.89. The number of rotatable bonds is 4. The second kappa shape index (κ2) is 7.45. The van der Waals surface area contributed by atoms with Gasteiger partial charge >= 0.3 is 28.4 Å². The first-order chi connectivity index (χ1) is 12.7. The zero-order valence-corrected chi connectivity index (χ0v) is 17.7. The standard InChI is InChI=1S/C16H16F3N2O4S.Al.2H/c1-24-12(22)7-20-15(23)14-9-5-3-2-4-8(9)13(26-14)10-6-11(25-21-10)16(17,18)19;;;/h2-7H2,1H3,(H,20,23);;;. The number of alkyl halides is 3. The van der Waals surface area contributed by atoms with Gasteiger partial charge in [-0.15, -0.1) is 11.3 Å². The summed E-state index contributed by atoms with van der Waals surface area (Å²) in [6.07, 6.45) is -1.66. The van der Waals surface area contributed by atoms with Crippen LogP contribution < -0.4 is 5.32 Å². The van der Waals surface area contributed by atoms with Gasteiger partial charge in [-0.05, 0) is 36.8 Å². The van der Waals surface area contributed by atoms with Crippen LogP contribution in [-0.2, 0) is 27.2 Å². The molecule has 0 radical (unpaired) electrons. The number of thiophene rings is 1. The molecule has 1 atom stereocenters. The molecule has 0 aromatic carbocycles. The van der Waals surface area contributed by atoms with Crippen molar-refractivity contribution in [1.82, 2.24) is 5.32 Å². The first kappa shape index (κ1) is 20.2. The van der Waals surface area contributed by atoms with Crippen LogP contribution in [0.1, 0.15) is 44.9 Å². The van der Waals surface area contributed by atoms with E-state index < -0.39 is 22.5 Å². The Morgan fingerprint density at radius 2 is 2.00 bits per heavy atom. The number of esters is 1. The Labute approximate surface area is 165 Å². The van der Waals surface area contributed by atoms with Crippen molar-refractivity contribution in [3.8, 4) is 0 Å². The molecule has 0 bridgehead atoms. The van der Waals surface area contributed by atoms with E-state index in [0.717, 1.165) is 35.3 Å². The number of fused-ring (bicyclic) bond motifs is 1. The number of carbonyl (C=O) groups excluding carboxylic acids is 2. The van der Waals surface area contributed by atoms with Crippen LogP contribution in [0.4, 0.5) is 13.2 Å². The highest BCUT2D eigenvalue weighted by atomic mass is 32.1. The molecule has 1 aliphatic carbocycles. The summed E-state index contributed by atoms with van der Waals surface area (Å²) in [6, 6.07) is 0. The zero-order valence-electron chi connectivity index (χ0n) is 14.9. The van der Waals surface area contributed by atoms with Gasteiger partial charge in [-0.25, -0.2) is 0 Å². The first-order valence-corrected chi connectivity index (χ1v) is 10.3. The third kappa shape index (κ3) is 3.86. The summed E-state index contributed by atoms with van der Waals surface area (Å²) in [7, 11) is 1.22. The predicted molar refractivity (Wildman–Crippen MR) is 94.9 cm³/mol. The molecule has 1 N–H and O–H groups in total. The number of carbonyl (C=O) groups is 2. The van der Waals surface area contributed by atoms with Crippen LogP contribution in [0.25, 0.3) is 0 Å². The average molecular weight is 418 g/mol. The number of hydrogen-bond donors (Lipinski definition) is 1. The Bertz CT molecular complexity index is 808. The Balaban J connectivity index is 1.88. The second-order valence-corrected chi connectivity index (χ2v) is 9.35. The van der Waals surface area contributed by atoms with Crippen molar-refractivity contribution >= 4 is 45.2 Å². The van der Waals surface area contributed by atoms with Gasteiger partial charge in [-0.3, -0.25) is 9.59 Å². The van der Waals surface area contributed by atoms with Crippen molar-refractivity contribution in [2.24, 2.45) is 5.16 Å². The van der Waals surface area contributed by atoms with Gasteiger partial charge in [-0.2, -0.15) is 13.2 Å². The van der Waals surface area contributed by atoms with Gasteiger partial charge in [0.15, 0.2) is 4.46 Å². The smallest absolute Gasteiger partial charge is 0.415 e. The highest BCUT2D eigenvalue weighted by Crippen LogP contribution is 2.42. The Hall–Kier alpha value is -1.57. The van der Waals surface area contributed by atoms with Crippen molar-refractivity contribution in [3.63, 3.8) is 0 Å². The van der Waals surface area contributed by atoms with Crippen molar-refractivity contribution in [2.45, 2.75) is 42.7 Å². The monoisotopic (exact) mass is 418 g/mol. The van der Waals surface area contributed by atoms with Crippen LogP contribution in [0, 0.1) is 0 Å². The van der Waals surface area contributed by atoms with E-state index in [1.54, 1.807) is 0 Å². The van der Waals surface area contributed by atoms with E-state index in [1.165, 1.54) is 7.11 Å². The highest BCUT2D eigenvalue weighted by Gasteiger charge is 2.56. The van der Waals surface area contributed by atoms with E-state index in [1.807, 2.05) is 0 Å². The maximum atomic E-state index is 13.2. The minimum atomic E-state index is -4.48. The van der Waals surface area contributed by atoms with Crippen molar-refractivity contribution < 1.29 is 32.3 Å². The second-order valence-electron chi connectivity index (χ2n) is 6.72. The number of amides is 1. The lowest BCUT2D eigenvalue weighted by atomic mass is 9.90. The maximum Gasteiger partial charge on any atom is 0.415 e. The molecule has 1 unspecified atom stereocenters. The normalized spacial score (nSPS) is 21.9. The molecule has 2 aliphatic rings. The van der Waals surface area contributed by atoms with Gasteiger partial charge in [0, 0.05) is 6.42 Å². The van der Waals surface area contributed by atoms with Gasteiger partial charge in [0.2, 0.25) is 0 Å². The molecular weight excluding hydrogens is 400 g/mol. The molecule has 3 rings (SSSR count). The largest absolute Gasteiger partial charge is 0.468 e. The van der Waals surface area contributed by atoms with Crippen LogP contribution in [0.2, 0.25) is 0 Å². The lowest BCUT2D eigenvalue weighted by Crippen LogP contribution is -2.45.